The van der Waals surface area contributed by atoms with Crippen LogP contribution >= 0.6 is 0 Å². The second-order valence-corrected chi connectivity index (χ2v) is 6.05. The molecular formula is C18H21N3O2. The summed E-state index contributed by atoms with van der Waals surface area (Å²) in [5.74, 6) is 0.784. The van der Waals surface area contributed by atoms with Gasteiger partial charge in [-0.25, -0.2) is 4.98 Å². The first kappa shape index (κ1) is 15.5. The number of aryl methyl sites for hydroxylation is 1. The number of fused-ring (bicyclic) bond motifs is 1. The van der Waals surface area contributed by atoms with Gasteiger partial charge in [0, 0.05) is 12.2 Å². The van der Waals surface area contributed by atoms with Crippen molar-refractivity contribution in [2.75, 3.05) is 7.11 Å². The minimum atomic E-state index is -0.0704. The third kappa shape index (κ3) is 2.79. The lowest BCUT2D eigenvalue weighted by molar-refractivity contribution is 0.0573. The zero-order chi connectivity index (χ0) is 16.6. The fourth-order valence-corrected chi connectivity index (χ4v) is 3.25. The molecule has 1 aromatic carbocycles. The van der Waals surface area contributed by atoms with Crippen LogP contribution in [0, 0.1) is 6.92 Å². The molecule has 5 nitrogen and oxygen atoms in total. The van der Waals surface area contributed by atoms with Gasteiger partial charge in [-0.15, -0.1) is 0 Å². The Bertz CT molecular complexity index is 728. The van der Waals surface area contributed by atoms with Gasteiger partial charge in [-0.3, -0.25) is 9.78 Å². The lowest BCUT2D eigenvalue weighted by atomic mass is 9.89. The highest BCUT2D eigenvalue weighted by molar-refractivity contribution is 5.92. The molecule has 0 fully saturated rings. The van der Waals surface area contributed by atoms with Gasteiger partial charge in [0.25, 0.3) is 5.91 Å². The first-order chi connectivity index (χ1) is 11.0. The monoisotopic (exact) mass is 311 g/mol. The third-order valence-corrected chi connectivity index (χ3v) is 4.44. The number of methoxy groups -OCH3 is 1. The summed E-state index contributed by atoms with van der Waals surface area (Å²) in [6, 6.07) is 6.15. The molecule has 2 unspecified atom stereocenters. The van der Waals surface area contributed by atoms with Crippen molar-refractivity contribution in [1.82, 2.24) is 14.9 Å². The van der Waals surface area contributed by atoms with Crippen molar-refractivity contribution in [3.63, 3.8) is 0 Å². The molecule has 0 bridgehead atoms. The van der Waals surface area contributed by atoms with E-state index in [4.69, 9.17) is 4.74 Å². The van der Waals surface area contributed by atoms with Gasteiger partial charge in [0.2, 0.25) is 0 Å². The van der Waals surface area contributed by atoms with E-state index in [1.807, 2.05) is 24.0 Å². The van der Waals surface area contributed by atoms with E-state index in [1.54, 1.807) is 19.5 Å². The van der Waals surface area contributed by atoms with Crippen molar-refractivity contribution >= 4 is 5.91 Å². The lowest BCUT2D eigenvalue weighted by Gasteiger charge is -2.40. The van der Waals surface area contributed by atoms with E-state index >= 15 is 0 Å². The van der Waals surface area contributed by atoms with Crippen LogP contribution in [0.1, 0.15) is 47.2 Å². The Labute approximate surface area is 136 Å². The van der Waals surface area contributed by atoms with Crippen LogP contribution < -0.4 is 4.74 Å². The molecule has 3 rings (SSSR count). The Kier molecular flexibility index (Phi) is 4.03. The van der Waals surface area contributed by atoms with Crippen molar-refractivity contribution in [3.05, 3.63) is 53.1 Å². The summed E-state index contributed by atoms with van der Waals surface area (Å²) in [5, 5.41) is 0. The minimum Gasteiger partial charge on any atom is -0.497 e. The molecule has 0 aliphatic carbocycles. The summed E-state index contributed by atoms with van der Waals surface area (Å²) in [7, 11) is 1.67. The van der Waals surface area contributed by atoms with Crippen LogP contribution in [-0.4, -0.2) is 33.9 Å². The van der Waals surface area contributed by atoms with Crippen LogP contribution in [0.25, 0.3) is 0 Å². The molecule has 5 heteroatoms. The molecule has 2 heterocycles. The Balaban J connectivity index is 1.94. The standard InChI is InChI=1S/C18H21N3O2/c1-11-9-20-17(10-19-11)18(22)21-12(2)7-14-8-15(23-4)5-6-16(14)13(21)3/h5-6,8-10,12-13H,7H2,1-4H3. The molecule has 2 atom stereocenters. The summed E-state index contributed by atoms with van der Waals surface area (Å²) < 4.78 is 5.31. The van der Waals surface area contributed by atoms with E-state index in [2.05, 4.69) is 29.9 Å². The number of benzene rings is 1. The highest BCUT2D eigenvalue weighted by atomic mass is 16.5. The molecule has 23 heavy (non-hydrogen) atoms. The van der Waals surface area contributed by atoms with Crippen LogP contribution in [0.5, 0.6) is 5.75 Å². The average Bonchev–Trinajstić information content (AvgIpc) is 2.54. The van der Waals surface area contributed by atoms with Crippen LogP contribution in [0.3, 0.4) is 0 Å². The lowest BCUT2D eigenvalue weighted by Crippen LogP contribution is -2.45. The SMILES string of the molecule is COc1ccc2c(c1)CC(C)N(C(=O)c1cnc(C)cn1)C2C. The van der Waals surface area contributed by atoms with Crippen molar-refractivity contribution in [3.8, 4) is 5.75 Å². The molecule has 1 amide bonds. The second-order valence-electron chi connectivity index (χ2n) is 6.05. The highest BCUT2D eigenvalue weighted by Crippen LogP contribution is 2.35. The topological polar surface area (TPSA) is 55.3 Å². The van der Waals surface area contributed by atoms with Gasteiger partial charge in [0.05, 0.1) is 25.0 Å². The number of rotatable bonds is 2. The van der Waals surface area contributed by atoms with E-state index in [9.17, 15) is 4.79 Å². The molecule has 0 N–H and O–H groups in total. The number of nitrogens with zero attached hydrogens (tertiary/aromatic N) is 3. The fraction of sp³-hybridized carbons (Fsp3) is 0.389. The molecular weight excluding hydrogens is 290 g/mol. The zero-order valence-electron chi connectivity index (χ0n) is 13.9. The third-order valence-electron chi connectivity index (χ3n) is 4.44. The van der Waals surface area contributed by atoms with E-state index < -0.39 is 0 Å². The number of hydrogen-bond donors (Lipinski definition) is 0. The van der Waals surface area contributed by atoms with E-state index in [0.29, 0.717) is 5.69 Å². The van der Waals surface area contributed by atoms with Crippen LogP contribution in [-0.2, 0) is 6.42 Å². The van der Waals surface area contributed by atoms with Gasteiger partial charge in [0.1, 0.15) is 11.4 Å². The number of hydrogen-bond acceptors (Lipinski definition) is 4. The molecule has 1 aliphatic heterocycles. The summed E-state index contributed by atoms with van der Waals surface area (Å²) in [4.78, 5) is 23.2. The van der Waals surface area contributed by atoms with Crippen molar-refractivity contribution in [1.29, 1.82) is 0 Å². The molecule has 1 aromatic heterocycles. The summed E-state index contributed by atoms with van der Waals surface area (Å²) in [6.07, 6.45) is 3.99. The van der Waals surface area contributed by atoms with Crippen molar-refractivity contribution < 1.29 is 9.53 Å². The van der Waals surface area contributed by atoms with Crippen LogP contribution in [0.15, 0.2) is 30.6 Å². The number of aromatic nitrogens is 2. The number of carbonyl (C=O) groups is 1. The predicted octanol–water partition coefficient (Wildman–Crippen LogP) is 2.94. The van der Waals surface area contributed by atoms with Gasteiger partial charge in [-0.05, 0) is 50.5 Å². The highest BCUT2D eigenvalue weighted by Gasteiger charge is 2.34. The number of carbonyl (C=O) groups excluding carboxylic acids is 1. The van der Waals surface area contributed by atoms with Crippen LogP contribution in [0.2, 0.25) is 0 Å². The Hall–Kier alpha value is -2.43. The first-order valence-corrected chi connectivity index (χ1v) is 7.79. The van der Waals surface area contributed by atoms with Crippen molar-refractivity contribution in [2.45, 2.75) is 39.3 Å². The summed E-state index contributed by atoms with van der Waals surface area (Å²) in [6.45, 7) is 5.98. The fourth-order valence-electron chi connectivity index (χ4n) is 3.25. The quantitative estimate of drug-likeness (QED) is 0.855. The van der Waals surface area contributed by atoms with E-state index in [1.165, 1.54) is 5.56 Å². The predicted molar refractivity (Wildman–Crippen MR) is 87.5 cm³/mol. The maximum absolute atomic E-state index is 12.9. The smallest absolute Gasteiger partial charge is 0.274 e. The minimum absolute atomic E-state index is 0.00439. The van der Waals surface area contributed by atoms with Gasteiger partial charge < -0.3 is 9.64 Å². The molecule has 0 saturated carbocycles. The normalized spacial score (nSPS) is 20.1. The Morgan fingerprint density at radius 1 is 1.26 bits per heavy atom. The molecule has 0 radical (unpaired) electrons. The van der Waals surface area contributed by atoms with E-state index in [0.717, 1.165) is 23.4 Å². The van der Waals surface area contributed by atoms with Gasteiger partial charge >= 0.3 is 0 Å². The Morgan fingerprint density at radius 3 is 2.70 bits per heavy atom. The van der Waals surface area contributed by atoms with Gasteiger partial charge in [-0.1, -0.05) is 6.07 Å². The molecule has 0 spiro atoms. The zero-order valence-corrected chi connectivity index (χ0v) is 13.9. The molecule has 0 saturated heterocycles. The summed E-state index contributed by atoms with van der Waals surface area (Å²) in [5.41, 5.74) is 3.60. The average molecular weight is 311 g/mol. The number of ether oxygens (including phenoxy) is 1. The largest absolute Gasteiger partial charge is 0.497 e. The molecule has 2 aromatic rings. The van der Waals surface area contributed by atoms with Gasteiger partial charge in [0.15, 0.2) is 0 Å². The molecule has 120 valence electrons. The number of amides is 1. The summed E-state index contributed by atoms with van der Waals surface area (Å²) >= 11 is 0. The van der Waals surface area contributed by atoms with Gasteiger partial charge in [-0.2, -0.15) is 0 Å². The first-order valence-electron chi connectivity index (χ1n) is 7.79. The van der Waals surface area contributed by atoms with Crippen molar-refractivity contribution in [2.24, 2.45) is 0 Å². The van der Waals surface area contributed by atoms with Crippen LogP contribution in [0.4, 0.5) is 0 Å². The second kappa shape index (κ2) is 5.99. The maximum atomic E-state index is 12.9. The maximum Gasteiger partial charge on any atom is 0.274 e. The Morgan fingerprint density at radius 2 is 2.04 bits per heavy atom. The molecule has 1 aliphatic rings. The van der Waals surface area contributed by atoms with E-state index in [-0.39, 0.29) is 18.0 Å².